The second-order valence-corrected chi connectivity index (χ2v) is 11.2. The van der Waals surface area contributed by atoms with Gasteiger partial charge in [0.2, 0.25) is 5.95 Å². The lowest BCUT2D eigenvalue weighted by molar-refractivity contribution is -0.112. The summed E-state index contributed by atoms with van der Waals surface area (Å²) in [5, 5.41) is 17.3. The fourth-order valence-corrected chi connectivity index (χ4v) is 5.24. The maximum atomic E-state index is 13.6. The van der Waals surface area contributed by atoms with Gasteiger partial charge in [0.15, 0.2) is 0 Å². The van der Waals surface area contributed by atoms with Gasteiger partial charge in [0.05, 0.1) is 37.0 Å². The first kappa shape index (κ1) is 32.5. The molecule has 11 nitrogen and oxygen atoms in total. The number of benzene rings is 3. The Morgan fingerprint density at radius 1 is 0.979 bits per heavy atom. The normalized spacial score (nSPS) is 11.3. The van der Waals surface area contributed by atoms with Crippen LogP contribution in [0.25, 0.3) is 28.2 Å². The van der Waals surface area contributed by atoms with E-state index < -0.39 is 5.91 Å². The molecule has 0 unspecified atom stereocenters. The highest BCUT2D eigenvalue weighted by atomic mass is 16.5. The largest absolute Gasteiger partial charge is 0.496 e. The molecular weight excluding hydrogens is 592 g/mol. The van der Waals surface area contributed by atoms with E-state index in [1.54, 1.807) is 38.6 Å². The van der Waals surface area contributed by atoms with Crippen molar-refractivity contribution in [3.63, 3.8) is 0 Å². The number of aromatic nitrogens is 3. The molecule has 1 amide bonds. The third-order valence-electron chi connectivity index (χ3n) is 7.74. The number of para-hydroxylation sites is 2. The summed E-state index contributed by atoms with van der Waals surface area (Å²) < 4.78 is 13.3. The number of amides is 1. The number of nitrogens with one attached hydrogen (secondary N) is 2. The number of methoxy groups -OCH3 is 2. The lowest BCUT2D eigenvalue weighted by atomic mass is 10.1. The van der Waals surface area contributed by atoms with Crippen molar-refractivity contribution in [3.05, 3.63) is 90.3 Å². The second kappa shape index (κ2) is 14.5. The van der Waals surface area contributed by atoms with Crippen LogP contribution >= 0.6 is 0 Å². The number of carbonyl (C=O) groups excluding carboxylic acids is 1. The number of fused-ring (bicyclic) bond motifs is 1. The summed E-state index contributed by atoms with van der Waals surface area (Å²) in [6.45, 7) is 1.45. The lowest BCUT2D eigenvalue weighted by Crippen LogP contribution is -2.29. The average Bonchev–Trinajstić information content (AvgIpc) is 3.42. The smallest absolute Gasteiger partial charge is 0.266 e. The summed E-state index contributed by atoms with van der Waals surface area (Å²) in [6.07, 6.45) is 5.26. The first-order chi connectivity index (χ1) is 22.7. The quantitative estimate of drug-likeness (QED) is 0.127. The van der Waals surface area contributed by atoms with Gasteiger partial charge in [-0.1, -0.05) is 36.4 Å². The van der Waals surface area contributed by atoms with E-state index in [0.29, 0.717) is 46.6 Å². The summed E-state index contributed by atoms with van der Waals surface area (Å²) in [5.74, 6) is 0.872. The van der Waals surface area contributed by atoms with Crippen molar-refractivity contribution in [2.45, 2.75) is 0 Å². The van der Waals surface area contributed by atoms with E-state index >= 15 is 0 Å². The first-order valence-electron chi connectivity index (χ1n) is 15.0. The van der Waals surface area contributed by atoms with Crippen LogP contribution in [-0.4, -0.2) is 73.8 Å². The molecule has 11 heteroatoms. The fourth-order valence-electron chi connectivity index (χ4n) is 5.24. The monoisotopic (exact) mass is 630 g/mol. The van der Waals surface area contributed by atoms with Crippen LogP contribution in [0.4, 0.5) is 23.0 Å². The Labute approximate surface area is 274 Å². The Kier molecular flexibility index (Phi) is 10.0. The zero-order chi connectivity index (χ0) is 33.5. The molecule has 0 saturated heterocycles. The predicted octanol–water partition coefficient (Wildman–Crippen LogP) is 5.94. The first-order valence-corrected chi connectivity index (χ1v) is 15.0. The van der Waals surface area contributed by atoms with Crippen LogP contribution in [0.3, 0.4) is 0 Å². The molecule has 5 rings (SSSR count). The maximum Gasteiger partial charge on any atom is 0.266 e. The van der Waals surface area contributed by atoms with Crippen LogP contribution in [0.1, 0.15) is 5.56 Å². The van der Waals surface area contributed by atoms with E-state index in [-0.39, 0.29) is 5.57 Å². The Morgan fingerprint density at radius 3 is 2.47 bits per heavy atom. The van der Waals surface area contributed by atoms with Gasteiger partial charge in [-0.2, -0.15) is 5.26 Å². The molecule has 0 radical (unpaired) electrons. The number of ether oxygens (including phenoxy) is 2. The third-order valence-corrected chi connectivity index (χ3v) is 7.74. The van der Waals surface area contributed by atoms with Gasteiger partial charge in [-0.05, 0) is 44.4 Å². The van der Waals surface area contributed by atoms with Crippen molar-refractivity contribution in [3.8, 4) is 28.8 Å². The van der Waals surface area contributed by atoms with Gasteiger partial charge in [-0.3, -0.25) is 4.79 Å². The van der Waals surface area contributed by atoms with Crippen molar-refractivity contribution in [2.75, 3.05) is 64.0 Å². The molecule has 2 N–H and O–H groups in total. The summed E-state index contributed by atoms with van der Waals surface area (Å²) in [7, 11) is 11.1. The van der Waals surface area contributed by atoms with Gasteiger partial charge in [0.1, 0.15) is 23.1 Å². The van der Waals surface area contributed by atoms with Crippen molar-refractivity contribution in [1.82, 2.24) is 19.4 Å². The molecule has 2 heterocycles. The number of hydrogen-bond acceptors (Lipinski definition) is 9. The zero-order valence-corrected chi connectivity index (χ0v) is 27.4. The molecule has 0 atom stereocenters. The molecule has 0 aliphatic carbocycles. The van der Waals surface area contributed by atoms with E-state index in [0.717, 1.165) is 28.7 Å². The molecule has 0 bridgehead atoms. The molecule has 47 heavy (non-hydrogen) atoms. The van der Waals surface area contributed by atoms with Gasteiger partial charge in [0.25, 0.3) is 5.91 Å². The number of nitrogens with zero attached hydrogens (tertiary/aromatic N) is 6. The number of carbonyl (C=O) groups is 1. The number of likely N-dealkylation sites (N-methyl/N-ethyl adjacent to an activating group) is 2. The molecule has 3 aromatic carbocycles. The van der Waals surface area contributed by atoms with E-state index in [9.17, 15) is 10.1 Å². The van der Waals surface area contributed by atoms with Crippen molar-refractivity contribution >= 4 is 45.9 Å². The summed E-state index contributed by atoms with van der Waals surface area (Å²) in [4.78, 5) is 27.0. The third kappa shape index (κ3) is 7.35. The number of hydrogen-bond donors (Lipinski definition) is 2. The highest BCUT2D eigenvalue weighted by molar-refractivity contribution is 6.11. The predicted molar refractivity (Wildman–Crippen MR) is 187 cm³/mol. The van der Waals surface area contributed by atoms with E-state index in [4.69, 9.17) is 14.5 Å². The van der Waals surface area contributed by atoms with Crippen LogP contribution in [0, 0.1) is 11.3 Å². The molecule has 0 aliphatic rings. The highest BCUT2D eigenvalue weighted by Crippen LogP contribution is 2.38. The van der Waals surface area contributed by atoms with Gasteiger partial charge < -0.3 is 34.5 Å². The van der Waals surface area contributed by atoms with Gasteiger partial charge in [0, 0.05) is 67.7 Å². The number of nitriles is 1. The minimum atomic E-state index is -0.564. The Balaban J connectivity index is 1.52. The molecule has 0 saturated carbocycles. The summed E-state index contributed by atoms with van der Waals surface area (Å²) >= 11 is 0. The lowest BCUT2D eigenvalue weighted by Gasteiger charge is -2.26. The number of anilines is 4. The second-order valence-electron chi connectivity index (χ2n) is 11.2. The molecule has 240 valence electrons. The Bertz CT molecular complexity index is 1980. The summed E-state index contributed by atoms with van der Waals surface area (Å²) in [6, 6.07) is 22.9. The van der Waals surface area contributed by atoms with Crippen molar-refractivity contribution in [1.29, 1.82) is 5.26 Å². The van der Waals surface area contributed by atoms with E-state index in [1.165, 1.54) is 6.08 Å². The molecular formula is C36H38N8O3. The van der Waals surface area contributed by atoms with Crippen LogP contribution in [0.5, 0.6) is 11.5 Å². The van der Waals surface area contributed by atoms with Gasteiger partial charge >= 0.3 is 0 Å². The number of aryl methyl sites for hydroxylation is 1. The Hall–Kier alpha value is -5.86. The molecule has 2 aromatic heterocycles. The van der Waals surface area contributed by atoms with E-state index in [2.05, 4.69) is 43.4 Å². The molecule has 0 aliphatic heterocycles. The Morgan fingerprint density at radius 2 is 1.72 bits per heavy atom. The van der Waals surface area contributed by atoms with Crippen LogP contribution in [0.2, 0.25) is 0 Å². The van der Waals surface area contributed by atoms with Crippen molar-refractivity contribution in [2.24, 2.45) is 7.05 Å². The summed E-state index contributed by atoms with van der Waals surface area (Å²) in [5.41, 5.74) is 5.11. The molecule has 0 spiro atoms. The van der Waals surface area contributed by atoms with Gasteiger partial charge in [-0.25, -0.2) is 9.97 Å². The van der Waals surface area contributed by atoms with Crippen LogP contribution < -0.4 is 25.0 Å². The maximum absolute atomic E-state index is 13.6. The minimum Gasteiger partial charge on any atom is -0.496 e. The minimum absolute atomic E-state index is 0.0761. The topological polar surface area (TPSA) is 121 Å². The number of rotatable bonds is 12. The highest BCUT2D eigenvalue weighted by Gasteiger charge is 2.20. The standard InChI is InChI=1S/C36H38N8O3/c1-42(2)17-18-43(3)32-21-34(47-6)30(20-29(32)39-35(45)25(22-37)19-24-11-7-10-14-33(24)46-5)41-36-38-16-15-28(40-36)27-23-44(4)31-13-9-8-12-26(27)31/h7-16,19-21,23H,17-18H2,1-6H3,(H,39,45)(H,38,40,41). The van der Waals surface area contributed by atoms with Gasteiger partial charge in [-0.15, -0.1) is 0 Å². The molecule has 5 aromatic rings. The van der Waals surface area contributed by atoms with Crippen LogP contribution in [0.15, 0.2) is 84.7 Å². The van der Waals surface area contributed by atoms with Crippen molar-refractivity contribution < 1.29 is 14.3 Å². The SMILES string of the molecule is COc1ccccc1C=C(C#N)C(=O)Nc1cc(Nc2nccc(-c3cn(C)c4ccccc34)n2)c(OC)cc1N(C)CCN(C)C. The van der Waals surface area contributed by atoms with E-state index in [1.807, 2.05) is 75.6 Å². The fraction of sp³-hybridized carbons (Fsp3) is 0.222. The van der Waals surface area contributed by atoms with Crippen LogP contribution in [-0.2, 0) is 11.8 Å². The molecule has 0 fully saturated rings. The zero-order valence-electron chi connectivity index (χ0n) is 27.4. The average molecular weight is 631 g/mol.